The number of hydrogen-bond donors (Lipinski definition) is 1. The first kappa shape index (κ1) is 23.0. The smallest absolute Gasteiger partial charge is 0.219 e. The molecule has 2 saturated heterocycles. The first-order chi connectivity index (χ1) is 13.1. The molecule has 3 rings (SSSR count). The molecule has 1 aromatic rings. The highest BCUT2D eigenvalue weighted by atomic mass is 127. The van der Waals surface area contributed by atoms with Crippen LogP contribution in [0.2, 0.25) is 0 Å². The predicted octanol–water partition coefficient (Wildman–Crippen LogP) is 2.47. The fourth-order valence-electron chi connectivity index (χ4n) is 3.90. The van der Waals surface area contributed by atoms with Gasteiger partial charge in [-0.05, 0) is 51.9 Å². The second kappa shape index (κ2) is 11.0. The van der Waals surface area contributed by atoms with Crippen LogP contribution in [0, 0.1) is 6.92 Å². The molecule has 0 aromatic carbocycles. The van der Waals surface area contributed by atoms with E-state index in [1.54, 1.807) is 6.92 Å². The van der Waals surface area contributed by atoms with Gasteiger partial charge in [-0.1, -0.05) is 0 Å². The van der Waals surface area contributed by atoms with E-state index in [4.69, 9.17) is 9.41 Å². The minimum absolute atomic E-state index is 0. The third-order valence-corrected chi connectivity index (χ3v) is 5.44. The summed E-state index contributed by atoms with van der Waals surface area (Å²) in [6.45, 7) is 12.6. The van der Waals surface area contributed by atoms with Gasteiger partial charge in [0.1, 0.15) is 11.5 Å². The molecule has 7 nitrogen and oxygen atoms in total. The Hall–Kier alpha value is -1.29. The van der Waals surface area contributed by atoms with Gasteiger partial charge in [-0.3, -0.25) is 14.7 Å². The number of aliphatic imine (C=N–C) groups is 1. The maximum Gasteiger partial charge on any atom is 0.219 e. The summed E-state index contributed by atoms with van der Waals surface area (Å²) in [4.78, 5) is 23.2. The van der Waals surface area contributed by atoms with Gasteiger partial charge in [-0.2, -0.15) is 0 Å². The SMILES string of the molecule is CCNC(=NCC(c1ccc(C)o1)N1CCCC1)N1CCN(C(C)=O)CC1.I. The number of amides is 1. The summed E-state index contributed by atoms with van der Waals surface area (Å²) in [6.07, 6.45) is 2.49. The molecule has 2 aliphatic rings. The summed E-state index contributed by atoms with van der Waals surface area (Å²) in [7, 11) is 0. The molecule has 0 radical (unpaired) electrons. The Balaban J connectivity index is 0.00000280. The Labute approximate surface area is 185 Å². The number of carbonyl (C=O) groups excluding carboxylic acids is 1. The Morgan fingerprint density at radius 3 is 2.32 bits per heavy atom. The zero-order chi connectivity index (χ0) is 19.2. The maximum atomic E-state index is 11.6. The highest BCUT2D eigenvalue weighted by Crippen LogP contribution is 2.27. The first-order valence-corrected chi connectivity index (χ1v) is 10.2. The predicted molar refractivity (Wildman–Crippen MR) is 122 cm³/mol. The van der Waals surface area contributed by atoms with Crippen LogP contribution in [0.3, 0.4) is 0 Å². The fraction of sp³-hybridized carbons (Fsp3) is 0.700. The number of furan rings is 1. The Bertz CT molecular complexity index is 649. The van der Waals surface area contributed by atoms with E-state index < -0.39 is 0 Å². The third kappa shape index (κ3) is 5.85. The highest BCUT2D eigenvalue weighted by Gasteiger charge is 2.27. The standard InChI is InChI=1S/C20H33N5O2.HI/c1-4-21-20(25-13-11-23(12-14-25)17(3)26)22-15-18(24-9-5-6-10-24)19-8-7-16(2)27-19;/h7-8,18H,4-6,9-15H2,1-3H3,(H,21,22);1H. The number of guanidine groups is 1. The maximum absolute atomic E-state index is 11.6. The zero-order valence-electron chi connectivity index (χ0n) is 17.3. The second-order valence-electron chi connectivity index (χ2n) is 7.40. The molecule has 28 heavy (non-hydrogen) atoms. The van der Waals surface area contributed by atoms with E-state index in [1.165, 1.54) is 12.8 Å². The van der Waals surface area contributed by atoms with Crippen molar-refractivity contribution in [3.8, 4) is 0 Å². The second-order valence-corrected chi connectivity index (χ2v) is 7.40. The average molecular weight is 503 g/mol. The molecular weight excluding hydrogens is 469 g/mol. The summed E-state index contributed by atoms with van der Waals surface area (Å²) in [5.41, 5.74) is 0. The fourth-order valence-corrected chi connectivity index (χ4v) is 3.90. The minimum atomic E-state index is 0. The van der Waals surface area contributed by atoms with Crippen molar-refractivity contribution in [1.29, 1.82) is 0 Å². The molecule has 0 bridgehead atoms. The minimum Gasteiger partial charge on any atom is -0.465 e. The molecular formula is C20H34IN5O2. The lowest BCUT2D eigenvalue weighted by Gasteiger charge is -2.36. The van der Waals surface area contributed by atoms with E-state index >= 15 is 0 Å². The van der Waals surface area contributed by atoms with E-state index in [9.17, 15) is 4.79 Å². The molecule has 0 aliphatic carbocycles. The molecule has 1 unspecified atom stereocenters. The lowest BCUT2D eigenvalue weighted by molar-refractivity contribution is -0.130. The van der Waals surface area contributed by atoms with Gasteiger partial charge in [-0.25, -0.2) is 0 Å². The molecule has 1 N–H and O–H groups in total. The molecule has 158 valence electrons. The Morgan fingerprint density at radius 2 is 1.79 bits per heavy atom. The number of nitrogens with zero attached hydrogens (tertiary/aromatic N) is 4. The van der Waals surface area contributed by atoms with Gasteiger partial charge in [0.2, 0.25) is 5.91 Å². The van der Waals surface area contributed by atoms with Crippen LogP contribution in [0.15, 0.2) is 21.5 Å². The summed E-state index contributed by atoms with van der Waals surface area (Å²) in [6, 6.07) is 4.31. The number of likely N-dealkylation sites (tertiary alicyclic amines) is 1. The van der Waals surface area contributed by atoms with Crippen molar-refractivity contribution < 1.29 is 9.21 Å². The van der Waals surface area contributed by atoms with E-state index in [1.807, 2.05) is 17.9 Å². The van der Waals surface area contributed by atoms with Gasteiger partial charge in [0, 0.05) is 39.6 Å². The van der Waals surface area contributed by atoms with Crippen LogP contribution >= 0.6 is 24.0 Å². The topological polar surface area (TPSA) is 64.3 Å². The third-order valence-electron chi connectivity index (χ3n) is 5.44. The first-order valence-electron chi connectivity index (χ1n) is 10.2. The highest BCUT2D eigenvalue weighted by molar-refractivity contribution is 14.0. The van der Waals surface area contributed by atoms with Gasteiger partial charge < -0.3 is 19.5 Å². The molecule has 2 fully saturated rings. The summed E-state index contributed by atoms with van der Waals surface area (Å²) < 4.78 is 5.95. The normalized spacial score (nSPS) is 19.5. The molecule has 1 amide bonds. The molecule has 0 saturated carbocycles. The zero-order valence-corrected chi connectivity index (χ0v) is 19.6. The molecule has 0 spiro atoms. The lowest BCUT2D eigenvalue weighted by atomic mass is 10.2. The Morgan fingerprint density at radius 1 is 1.14 bits per heavy atom. The number of piperazine rings is 1. The average Bonchev–Trinajstić information content (AvgIpc) is 3.33. The van der Waals surface area contributed by atoms with Crippen molar-refractivity contribution in [3.63, 3.8) is 0 Å². The summed E-state index contributed by atoms with van der Waals surface area (Å²) in [5.74, 6) is 3.05. The van der Waals surface area contributed by atoms with Crippen molar-refractivity contribution in [3.05, 3.63) is 23.7 Å². The molecule has 1 atom stereocenters. The number of halogens is 1. The molecule has 8 heteroatoms. The quantitative estimate of drug-likeness (QED) is 0.380. The van der Waals surface area contributed by atoms with Crippen LogP contribution in [-0.2, 0) is 4.79 Å². The van der Waals surface area contributed by atoms with E-state index in [0.717, 1.165) is 63.3 Å². The van der Waals surface area contributed by atoms with Crippen molar-refractivity contribution in [2.75, 3.05) is 52.4 Å². The summed E-state index contributed by atoms with van der Waals surface area (Å²) >= 11 is 0. The number of hydrogen-bond acceptors (Lipinski definition) is 4. The molecule has 3 heterocycles. The molecule has 2 aliphatic heterocycles. The van der Waals surface area contributed by atoms with E-state index in [-0.39, 0.29) is 35.9 Å². The van der Waals surface area contributed by atoms with Crippen molar-refractivity contribution in [2.45, 2.75) is 39.7 Å². The number of carbonyl (C=O) groups is 1. The lowest BCUT2D eigenvalue weighted by Crippen LogP contribution is -2.53. The number of aryl methyl sites for hydroxylation is 1. The van der Waals surface area contributed by atoms with Gasteiger partial charge >= 0.3 is 0 Å². The largest absolute Gasteiger partial charge is 0.465 e. The van der Waals surface area contributed by atoms with Crippen LogP contribution < -0.4 is 5.32 Å². The van der Waals surface area contributed by atoms with Gasteiger partial charge in [0.25, 0.3) is 0 Å². The van der Waals surface area contributed by atoms with Crippen molar-refractivity contribution in [2.24, 2.45) is 4.99 Å². The van der Waals surface area contributed by atoms with Gasteiger partial charge in [0.15, 0.2) is 5.96 Å². The van der Waals surface area contributed by atoms with Gasteiger partial charge in [0.05, 0.1) is 12.6 Å². The van der Waals surface area contributed by atoms with Crippen LogP contribution in [0.1, 0.15) is 44.3 Å². The van der Waals surface area contributed by atoms with Crippen molar-refractivity contribution >= 4 is 35.8 Å². The van der Waals surface area contributed by atoms with Crippen LogP contribution in [0.5, 0.6) is 0 Å². The molecule has 1 aromatic heterocycles. The van der Waals surface area contributed by atoms with Crippen molar-refractivity contribution in [1.82, 2.24) is 20.0 Å². The van der Waals surface area contributed by atoms with E-state index in [2.05, 4.69) is 28.1 Å². The Kier molecular flexibility index (Phi) is 9.07. The van der Waals surface area contributed by atoms with Crippen LogP contribution in [-0.4, -0.2) is 78.9 Å². The van der Waals surface area contributed by atoms with Crippen LogP contribution in [0.25, 0.3) is 0 Å². The monoisotopic (exact) mass is 503 g/mol. The number of nitrogens with one attached hydrogen (secondary N) is 1. The summed E-state index contributed by atoms with van der Waals surface area (Å²) in [5, 5.41) is 3.42. The van der Waals surface area contributed by atoms with Crippen LogP contribution in [0.4, 0.5) is 0 Å². The van der Waals surface area contributed by atoms with Gasteiger partial charge in [-0.15, -0.1) is 24.0 Å². The number of rotatable bonds is 5. The van der Waals surface area contributed by atoms with E-state index in [0.29, 0.717) is 6.54 Å².